The summed E-state index contributed by atoms with van der Waals surface area (Å²) in [6.07, 6.45) is 0.370. The molecule has 0 N–H and O–H groups in total. The summed E-state index contributed by atoms with van der Waals surface area (Å²) in [6.45, 7) is 3.90. The van der Waals surface area contributed by atoms with Crippen molar-refractivity contribution in [2.45, 2.75) is 31.9 Å². The molecule has 1 atom stereocenters. The minimum absolute atomic E-state index is 0.0431. The van der Waals surface area contributed by atoms with Gasteiger partial charge in [0.15, 0.2) is 9.84 Å². The highest BCUT2D eigenvalue weighted by atomic mass is 32.2. The third-order valence-electron chi connectivity index (χ3n) is 2.15. The molecule has 0 radical (unpaired) electrons. The van der Waals surface area contributed by atoms with Gasteiger partial charge in [-0.15, -0.1) is 0 Å². The van der Waals surface area contributed by atoms with Crippen molar-refractivity contribution in [3.8, 4) is 0 Å². The molecule has 5 nitrogen and oxygen atoms in total. The second-order valence-corrected chi connectivity index (χ2v) is 6.07. The summed E-state index contributed by atoms with van der Waals surface area (Å²) in [5, 5.41) is -0.691. The van der Waals surface area contributed by atoms with Crippen LogP contribution in [0.5, 0.6) is 0 Å². The molecule has 0 aliphatic rings. The highest BCUT2D eigenvalue weighted by Gasteiger charge is 2.23. The van der Waals surface area contributed by atoms with E-state index < -0.39 is 21.1 Å². The van der Waals surface area contributed by atoms with E-state index >= 15 is 0 Å². The lowest BCUT2D eigenvalue weighted by molar-refractivity contribution is -0.143. The number of sulfone groups is 1. The van der Waals surface area contributed by atoms with Crippen LogP contribution >= 0.6 is 0 Å². The van der Waals surface area contributed by atoms with Crippen LogP contribution in [-0.4, -0.2) is 45.7 Å². The zero-order valence-electron chi connectivity index (χ0n) is 10.1. The Balaban J connectivity index is 4.13. The van der Waals surface area contributed by atoms with Crippen LogP contribution in [0.25, 0.3) is 0 Å². The molecule has 0 saturated heterocycles. The van der Waals surface area contributed by atoms with Gasteiger partial charge in [-0.05, 0) is 20.3 Å². The predicted octanol–water partition coefficient (Wildman–Crippen LogP) is 0.779. The van der Waals surface area contributed by atoms with Crippen LogP contribution in [-0.2, 0) is 24.1 Å². The summed E-state index contributed by atoms with van der Waals surface area (Å²) < 4.78 is 32.8. The van der Waals surface area contributed by atoms with E-state index in [1.54, 1.807) is 6.92 Å². The van der Waals surface area contributed by atoms with E-state index in [0.29, 0.717) is 13.0 Å². The van der Waals surface area contributed by atoms with Crippen LogP contribution in [0.4, 0.5) is 0 Å². The monoisotopic (exact) mass is 252 g/mol. The lowest BCUT2D eigenvalue weighted by atomic mass is 10.3. The van der Waals surface area contributed by atoms with Crippen LogP contribution in [0.1, 0.15) is 26.7 Å². The first-order valence-electron chi connectivity index (χ1n) is 5.30. The molecule has 6 heteroatoms. The summed E-state index contributed by atoms with van der Waals surface area (Å²) >= 11 is 0. The molecule has 0 aromatic carbocycles. The van der Waals surface area contributed by atoms with Crippen LogP contribution in [0.3, 0.4) is 0 Å². The maximum atomic E-state index is 11.7. The molecule has 16 heavy (non-hydrogen) atoms. The Labute approximate surface area is 97.0 Å². The van der Waals surface area contributed by atoms with E-state index in [1.807, 2.05) is 0 Å². The summed E-state index contributed by atoms with van der Waals surface area (Å²) in [6, 6.07) is 0. The van der Waals surface area contributed by atoms with Crippen LogP contribution in [0.15, 0.2) is 0 Å². The van der Waals surface area contributed by atoms with E-state index in [9.17, 15) is 13.2 Å². The SMILES string of the molecule is CCOC(=O)CC(C)S(=O)(=O)CCCOC. The zero-order valence-corrected chi connectivity index (χ0v) is 10.9. The molecule has 0 aromatic heterocycles. The predicted molar refractivity (Wildman–Crippen MR) is 61.0 cm³/mol. The van der Waals surface area contributed by atoms with Crippen molar-refractivity contribution in [3.63, 3.8) is 0 Å². The lowest BCUT2D eigenvalue weighted by Gasteiger charge is -2.11. The van der Waals surface area contributed by atoms with Gasteiger partial charge in [0.2, 0.25) is 0 Å². The summed E-state index contributed by atoms with van der Waals surface area (Å²) in [7, 11) is -1.70. The number of ether oxygens (including phenoxy) is 2. The molecule has 0 bridgehead atoms. The van der Waals surface area contributed by atoms with Gasteiger partial charge >= 0.3 is 5.97 Å². The van der Waals surface area contributed by atoms with Crippen molar-refractivity contribution >= 4 is 15.8 Å². The van der Waals surface area contributed by atoms with Gasteiger partial charge in [-0.25, -0.2) is 8.42 Å². The first-order valence-corrected chi connectivity index (χ1v) is 7.01. The van der Waals surface area contributed by atoms with Gasteiger partial charge in [-0.1, -0.05) is 0 Å². The Morgan fingerprint density at radius 3 is 2.50 bits per heavy atom. The normalized spacial score (nSPS) is 13.4. The van der Waals surface area contributed by atoms with E-state index in [1.165, 1.54) is 14.0 Å². The molecule has 1 unspecified atom stereocenters. The molecule has 0 aliphatic carbocycles. The van der Waals surface area contributed by atoms with Crippen LogP contribution < -0.4 is 0 Å². The largest absolute Gasteiger partial charge is 0.466 e. The number of carbonyl (C=O) groups is 1. The molecule has 0 fully saturated rings. The third kappa shape index (κ3) is 6.07. The van der Waals surface area contributed by atoms with Gasteiger partial charge < -0.3 is 9.47 Å². The maximum absolute atomic E-state index is 11.7. The van der Waals surface area contributed by atoms with Gasteiger partial charge in [-0.3, -0.25) is 4.79 Å². The van der Waals surface area contributed by atoms with Crippen molar-refractivity contribution < 1.29 is 22.7 Å². The van der Waals surface area contributed by atoms with Gasteiger partial charge in [0.25, 0.3) is 0 Å². The zero-order chi connectivity index (χ0) is 12.6. The highest BCUT2D eigenvalue weighted by Crippen LogP contribution is 2.09. The van der Waals surface area contributed by atoms with Crippen LogP contribution in [0, 0.1) is 0 Å². The molecule has 0 rings (SSSR count). The Kier molecular flexibility index (Phi) is 7.33. The molecular weight excluding hydrogens is 232 g/mol. The highest BCUT2D eigenvalue weighted by molar-refractivity contribution is 7.92. The lowest BCUT2D eigenvalue weighted by Crippen LogP contribution is -2.25. The average molecular weight is 252 g/mol. The third-order valence-corrected chi connectivity index (χ3v) is 4.40. The fourth-order valence-corrected chi connectivity index (χ4v) is 2.50. The summed E-state index contributed by atoms with van der Waals surface area (Å²) in [5.74, 6) is -0.424. The van der Waals surface area contributed by atoms with E-state index in [4.69, 9.17) is 9.47 Å². The van der Waals surface area contributed by atoms with Crippen molar-refractivity contribution in [1.82, 2.24) is 0 Å². The minimum Gasteiger partial charge on any atom is -0.466 e. The molecule has 0 spiro atoms. The number of rotatable bonds is 8. The number of carbonyl (C=O) groups excluding carboxylic acids is 1. The van der Waals surface area contributed by atoms with Gasteiger partial charge in [0.1, 0.15) is 0 Å². The Bertz CT molecular complexity index is 296. The maximum Gasteiger partial charge on any atom is 0.307 e. The summed E-state index contributed by atoms with van der Waals surface area (Å²) in [5.41, 5.74) is 0. The molecule has 0 amide bonds. The fourth-order valence-electron chi connectivity index (χ4n) is 1.19. The van der Waals surface area contributed by atoms with Crippen molar-refractivity contribution in [2.24, 2.45) is 0 Å². The van der Waals surface area contributed by atoms with Crippen molar-refractivity contribution in [2.75, 3.05) is 26.1 Å². The number of methoxy groups -OCH3 is 1. The molecule has 96 valence electrons. The average Bonchev–Trinajstić information content (AvgIpc) is 2.18. The number of esters is 1. The summed E-state index contributed by atoms with van der Waals surface area (Å²) in [4.78, 5) is 11.1. The van der Waals surface area contributed by atoms with Gasteiger partial charge in [0.05, 0.1) is 24.0 Å². The first kappa shape index (κ1) is 15.4. The molecule has 0 saturated carbocycles. The van der Waals surface area contributed by atoms with E-state index in [2.05, 4.69) is 0 Å². The Morgan fingerprint density at radius 2 is 2.00 bits per heavy atom. The van der Waals surface area contributed by atoms with Crippen molar-refractivity contribution in [1.29, 1.82) is 0 Å². The molecule has 0 aliphatic heterocycles. The van der Waals surface area contributed by atoms with E-state index in [0.717, 1.165) is 0 Å². The smallest absolute Gasteiger partial charge is 0.307 e. The number of hydrogen-bond donors (Lipinski definition) is 0. The van der Waals surface area contributed by atoms with Crippen molar-refractivity contribution in [3.05, 3.63) is 0 Å². The van der Waals surface area contributed by atoms with E-state index in [-0.39, 0.29) is 18.8 Å². The molecule has 0 aromatic rings. The standard InChI is InChI=1S/C10H20O5S/c1-4-15-10(11)8-9(2)16(12,13)7-5-6-14-3/h9H,4-8H2,1-3H3. The molecule has 0 heterocycles. The van der Waals surface area contributed by atoms with Gasteiger partial charge in [-0.2, -0.15) is 0 Å². The molecular formula is C10H20O5S. The number of hydrogen-bond acceptors (Lipinski definition) is 5. The topological polar surface area (TPSA) is 69.7 Å². The second kappa shape index (κ2) is 7.62. The van der Waals surface area contributed by atoms with Crippen LogP contribution in [0.2, 0.25) is 0 Å². The Hall–Kier alpha value is -0.620. The fraction of sp³-hybridized carbons (Fsp3) is 0.900. The minimum atomic E-state index is -3.23. The quantitative estimate of drug-likeness (QED) is 0.471. The second-order valence-electron chi connectivity index (χ2n) is 3.53. The first-order chi connectivity index (χ1) is 7.44. The van der Waals surface area contributed by atoms with Gasteiger partial charge in [0, 0.05) is 13.7 Å². The Morgan fingerprint density at radius 1 is 1.38 bits per heavy atom.